The predicted molar refractivity (Wildman–Crippen MR) is 76.3 cm³/mol. The van der Waals surface area contributed by atoms with Gasteiger partial charge in [-0.1, -0.05) is 11.6 Å². The van der Waals surface area contributed by atoms with Crippen molar-refractivity contribution in [3.8, 4) is 0 Å². The summed E-state index contributed by atoms with van der Waals surface area (Å²) in [6.45, 7) is 3.13. The summed E-state index contributed by atoms with van der Waals surface area (Å²) in [6, 6.07) is 0. The van der Waals surface area contributed by atoms with Crippen molar-refractivity contribution in [3.05, 3.63) is 16.7 Å². The van der Waals surface area contributed by atoms with Gasteiger partial charge in [-0.2, -0.15) is 0 Å². The smallest absolute Gasteiger partial charge is 0.260 e. The van der Waals surface area contributed by atoms with Crippen LogP contribution in [0, 0.1) is 0 Å². The van der Waals surface area contributed by atoms with Crippen molar-refractivity contribution < 1.29 is 13.2 Å². The largest absolute Gasteiger partial charge is 0.370 e. The molecule has 0 unspecified atom stereocenters. The maximum Gasteiger partial charge on any atom is 0.260 e. The van der Waals surface area contributed by atoms with Gasteiger partial charge in [0.2, 0.25) is 5.91 Å². The van der Waals surface area contributed by atoms with Crippen molar-refractivity contribution >= 4 is 43.8 Å². The van der Waals surface area contributed by atoms with Crippen LogP contribution in [-0.4, -0.2) is 29.2 Å². The Morgan fingerprint density at radius 3 is 2.85 bits per heavy atom. The highest BCUT2D eigenvalue weighted by atomic mass is 35.5. The van der Waals surface area contributed by atoms with Crippen LogP contribution in [0.4, 0.5) is 0 Å². The number of sulfonamides is 1. The van der Waals surface area contributed by atoms with Crippen LogP contribution in [0.1, 0.15) is 20.3 Å². The van der Waals surface area contributed by atoms with Gasteiger partial charge in [0, 0.05) is 23.5 Å². The molecule has 20 heavy (non-hydrogen) atoms. The zero-order chi connectivity index (χ0) is 15.1. The molecule has 2 heterocycles. The molecule has 7 nitrogen and oxygen atoms in total. The van der Waals surface area contributed by atoms with Crippen molar-refractivity contribution in [1.29, 1.82) is 0 Å². The second-order valence-electron chi connectivity index (χ2n) is 4.90. The molecule has 1 amide bonds. The van der Waals surface area contributed by atoms with Gasteiger partial charge in [0.1, 0.15) is 0 Å². The molecule has 110 valence electrons. The van der Waals surface area contributed by atoms with Crippen molar-refractivity contribution in [1.82, 2.24) is 14.1 Å². The first kappa shape index (κ1) is 15.2. The fourth-order valence-electron chi connectivity index (χ4n) is 1.86. The molecule has 0 radical (unpaired) electrons. The number of nitrogens with two attached hydrogens (primary N) is 1. The van der Waals surface area contributed by atoms with Gasteiger partial charge < -0.3 is 5.73 Å². The first-order chi connectivity index (χ1) is 9.12. The summed E-state index contributed by atoms with van der Waals surface area (Å²) in [5.74, 6) is -0.599. The number of nitrogens with one attached hydrogen (secondary N) is 1. The van der Waals surface area contributed by atoms with Crippen LogP contribution >= 0.6 is 22.9 Å². The molecule has 2 aromatic heterocycles. The Bertz CT molecular complexity index is 763. The van der Waals surface area contributed by atoms with E-state index in [0.717, 1.165) is 0 Å². The van der Waals surface area contributed by atoms with E-state index in [2.05, 4.69) is 9.71 Å². The number of aromatic nitrogens is 2. The quantitative estimate of drug-likeness (QED) is 0.848. The second-order valence-corrected chi connectivity index (χ2v) is 7.72. The molecule has 0 aliphatic rings. The lowest BCUT2D eigenvalue weighted by molar-refractivity contribution is -0.119. The minimum absolute atomic E-state index is 0.112. The number of nitrogens with zero attached hydrogens (tertiary/aromatic N) is 2. The molecular weight excluding hydrogens is 324 g/mol. The zero-order valence-corrected chi connectivity index (χ0v) is 13.1. The first-order valence-corrected chi connectivity index (χ1v) is 8.30. The Morgan fingerprint density at radius 2 is 2.25 bits per heavy atom. The number of thiazole rings is 1. The van der Waals surface area contributed by atoms with Crippen LogP contribution in [0.3, 0.4) is 0 Å². The average molecular weight is 337 g/mol. The standard InChI is InChI=1S/C10H13ClN4O3S2/c1-10(2,5-6(12)16)14-20(17,18)8-7(11)13-9-15(8)3-4-19-9/h3-4,14H,5H2,1-2H3,(H2,12,16). The normalized spacial score (nSPS) is 12.9. The van der Waals surface area contributed by atoms with E-state index < -0.39 is 21.5 Å². The molecule has 0 aliphatic carbocycles. The molecule has 10 heteroatoms. The van der Waals surface area contributed by atoms with E-state index in [9.17, 15) is 13.2 Å². The lowest BCUT2D eigenvalue weighted by atomic mass is 10.0. The Labute approximate surface area is 124 Å². The lowest BCUT2D eigenvalue weighted by Crippen LogP contribution is -2.46. The minimum Gasteiger partial charge on any atom is -0.370 e. The van der Waals surface area contributed by atoms with Gasteiger partial charge in [0.15, 0.2) is 15.1 Å². The minimum atomic E-state index is -3.93. The number of hydrogen-bond donors (Lipinski definition) is 2. The van der Waals surface area contributed by atoms with Crippen LogP contribution in [0.5, 0.6) is 0 Å². The summed E-state index contributed by atoms with van der Waals surface area (Å²) in [7, 11) is -3.93. The van der Waals surface area contributed by atoms with E-state index in [1.54, 1.807) is 25.4 Å². The third kappa shape index (κ3) is 2.95. The van der Waals surface area contributed by atoms with E-state index in [1.165, 1.54) is 15.7 Å². The van der Waals surface area contributed by atoms with Crippen LogP contribution in [0.2, 0.25) is 5.15 Å². The van der Waals surface area contributed by atoms with Crippen LogP contribution in [0.15, 0.2) is 16.6 Å². The summed E-state index contributed by atoms with van der Waals surface area (Å²) < 4.78 is 28.6. The molecule has 0 aromatic carbocycles. The monoisotopic (exact) mass is 336 g/mol. The van der Waals surface area contributed by atoms with E-state index in [1.807, 2.05) is 0 Å². The molecule has 2 rings (SSSR count). The van der Waals surface area contributed by atoms with Crippen LogP contribution in [-0.2, 0) is 14.8 Å². The third-order valence-corrected chi connectivity index (χ3v) is 5.31. The molecule has 0 saturated heterocycles. The summed E-state index contributed by atoms with van der Waals surface area (Å²) in [5, 5.41) is 1.44. The highest BCUT2D eigenvalue weighted by Gasteiger charge is 2.32. The molecular formula is C10H13ClN4O3S2. The maximum absolute atomic E-state index is 12.4. The molecule has 0 saturated carbocycles. The Kier molecular flexibility index (Phi) is 3.80. The lowest BCUT2D eigenvalue weighted by Gasteiger charge is -2.24. The summed E-state index contributed by atoms with van der Waals surface area (Å²) in [6.07, 6.45) is 1.43. The number of hydrogen-bond acceptors (Lipinski definition) is 5. The SMILES string of the molecule is CC(C)(CC(N)=O)NS(=O)(=O)c1c(Cl)nc2sccn12. The number of halogens is 1. The van der Waals surface area contributed by atoms with Crippen LogP contribution < -0.4 is 10.5 Å². The maximum atomic E-state index is 12.4. The highest BCUT2D eigenvalue weighted by Crippen LogP contribution is 2.26. The highest BCUT2D eigenvalue weighted by molar-refractivity contribution is 7.89. The molecule has 2 aromatic rings. The first-order valence-electron chi connectivity index (χ1n) is 5.56. The summed E-state index contributed by atoms with van der Waals surface area (Å²) in [5.41, 5.74) is 4.08. The van der Waals surface area contributed by atoms with Crippen molar-refractivity contribution in [2.75, 3.05) is 0 Å². The average Bonchev–Trinajstić information content (AvgIpc) is 2.70. The van der Waals surface area contributed by atoms with Crippen LogP contribution in [0.25, 0.3) is 4.96 Å². The number of carbonyl (C=O) groups excluding carboxylic acids is 1. The van der Waals surface area contributed by atoms with Crippen molar-refractivity contribution in [2.45, 2.75) is 30.8 Å². The third-order valence-electron chi connectivity index (χ3n) is 2.46. The van der Waals surface area contributed by atoms with E-state index >= 15 is 0 Å². The topological polar surface area (TPSA) is 107 Å². The van der Waals surface area contributed by atoms with E-state index in [-0.39, 0.29) is 16.6 Å². The van der Waals surface area contributed by atoms with Gasteiger partial charge in [0.05, 0.1) is 0 Å². The zero-order valence-electron chi connectivity index (χ0n) is 10.8. The van der Waals surface area contributed by atoms with Gasteiger partial charge >= 0.3 is 0 Å². The van der Waals surface area contributed by atoms with Gasteiger partial charge in [0.25, 0.3) is 10.0 Å². The van der Waals surface area contributed by atoms with Gasteiger partial charge in [-0.3, -0.25) is 9.20 Å². The fourth-order valence-corrected chi connectivity index (χ4v) is 4.73. The number of amides is 1. The predicted octanol–water partition coefficient (Wildman–Crippen LogP) is 0.982. The number of fused-ring (bicyclic) bond motifs is 1. The summed E-state index contributed by atoms with van der Waals surface area (Å²) in [4.78, 5) is 15.4. The van der Waals surface area contributed by atoms with Crippen molar-refractivity contribution in [3.63, 3.8) is 0 Å². The van der Waals surface area contributed by atoms with E-state index in [0.29, 0.717) is 4.96 Å². The Morgan fingerprint density at radius 1 is 1.60 bits per heavy atom. The van der Waals surface area contributed by atoms with Gasteiger partial charge in [-0.05, 0) is 13.8 Å². The number of rotatable bonds is 5. The second kappa shape index (κ2) is 4.99. The molecule has 0 spiro atoms. The van der Waals surface area contributed by atoms with E-state index in [4.69, 9.17) is 17.3 Å². The van der Waals surface area contributed by atoms with Crippen molar-refractivity contribution in [2.24, 2.45) is 5.73 Å². The van der Waals surface area contributed by atoms with Gasteiger partial charge in [-0.25, -0.2) is 18.1 Å². The fraction of sp³-hybridized carbons (Fsp3) is 0.400. The molecule has 0 fully saturated rings. The number of imidazole rings is 1. The van der Waals surface area contributed by atoms with Gasteiger partial charge in [-0.15, -0.1) is 11.3 Å². The Hall–Kier alpha value is -1.16. The molecule has 0 atom stereocenters. The molecule has 3 N–H and O–H groups in total. The molecule has 0 bridgehead atoms. The Balaban J connectivity index is 2.43. The number of primary amides is 1. The number of carbonyl (C=O) groups is 1. The molecule has 0 aliphatic heterocycles. The summed E-state index contributed by atoms with van der Waals surface area (Å²) >= 11 is 7.16.